The summed E-state index contributed by atoms with van der Waals surface area (Å²) < 4.78 is 11.2. The standard InChI is InChI=1S/C15H14ClNO2/c1-18-11-8-12(16)15-13(9-11)17-7-6-10-4-2-3-5-14(10)19-15/h2-5,8-9,17H,6-7H2,1H3. The molecule has 0 spiro atoms. The van der Waals surface area contributed by atoms with E-state index in [1.807, 2.05) is 24.3 Å². The predicted octanol–water partition coefficient (Wildman–Crippen LogP) is 4.11. The second kappa shape index (κ2) is 5.02. The number of hydrogen-bond acceptors (Lipinski definition) is 3. The number of hydrogen-bond donors (Lipinski definition) is 1. The third-order valence-electron chi connectivity index (χ3n) is 3.15. The first-order valence-electron chi connectivity index (χ1n) is 6.15. The fraction of sp³-hybridized carbons (Fsp3) is 0.200. The molecule has 0 aliphatic carbocycles. The monoisotopic (exact) mass is 275 g/mol. The summed E-state index contributed by atoms with van der Waals surface area (Å²) in [6, 6.07) is 11.7. The van der Waals surface area contributed by atoms with E-state index >= 15 is 0 Å². The van der Waals surface area contributed by atoms with Crippen LogP contribution in [-0.4, -0.2) is 13.7 Å². The van der Waals surface area contributed by atoms with Gasteiger partial charge in [-0.25, -0.2) is 0 Å². The molecule has 0 saturated heterocycles. The number of halogens is 1. The molecular weight excluding hydrogens is 262 g/mol. The lowest BCUT2D eigenvalue weighted by Crippen LogP contribution is -2.10. The minimum atomic E-state index is 0.540. The lowest BCUT2D eigenvalue weighted by molar-refractivity contribution is 0.413. The van der Waals surface area contributed by atoms with E-state index in [9.17, 15) is 0 Å². The van der Waals surface area contributed by atoms with Crippen molar-refractivity contribution in [3.8, 4) is 17.2 Å². The van der Waals surface area contributed by atoms with E-state index in [2.05, 4.69) is 11.4 Å². The van der Waals surface area contributed by atoms with Crippen LogP contribution in [0.2, 0.25) is 5.02 Å². The Kier molecular flexibility index (Phi) is 3.22. The number of benzene rings is 2. The number of nitrogens with one attached hydrogen (secondary N) is 1. The molecule has 0 amide bonds. The van der Waals surface area contributed by atoms with Crippen molar-refractivity contribution < 1.29 is 9.47 Å². The van der Waals surface area contributed by atoms with Crippen molar-refractivity contribution in [1.82, 2.24) is 0 Å². The molecule has 0 radical (unpaired) electrons. The summed E-state index contributed by atoms with van der Waals surface area (Å²) in [6.45, 7) is 0.830. The van der Waals surface area contributed by atoms with Crippen LogP contribution in [0.25, 0.3) is 0 Å². The second-order valence-electron chi connectivity index (χ2n) is 4.37. The minimum Gasteiger partial charge on any atom is -0.497 e. The van der Waals surface area contributed by atoms with Gasteiger partial charge >= 0.3 is 0 Å². The summed E-state index contributed by atoms with van der Waals surface area (Å²) in [5.41, 5.74) is 2.03. The van der Waals surface area contributed by atoms with Gasteiger partial charge < -0.3 is 14.8 Å². The summed E-state index contributed by atoms with van der Waals surface area (Å²) in [5.74, 6) is 2.22. The van der Waals surface area contributed by atoms with E-state index in [4.69, 9.17) is 21.1 Å². The molecule has 3 nitrogen and oxygen atoms in total. The number of fused-ring (bicyclic) bond motifs is 2. The van der Waals surface area contributed by atoms with Crippen molar-refractivity contribution in [2.45, 2.75) is 6.42 Å². The molecule has 1 heterocycles. The Bertz CT molecular complexity index is 613. The predicted molar refractivity (Wildman–Crippen MR) is 76.7 cm³/mol. The van der Waals surface area contributed by atoms with Gasteiger partial charge in [0, 0.05) is 18.7 Å². The molecule has 0 bridgehead atoms. The molecule has 0 saturated carbocycles. The van der Waals surface area contributed by atoms with E-state index in [1.165, 1.54) is 5.56 Å². The van der Waals surface area contributed by atoms with Gasteiger partial charge in [0.05, 0.1) is 17.8 Å². The lowest BCUT2D eigenvalue weighted by atomic mass is 10.1. The SMILES string of the molecule is COc1cc(Cl)c2c(c1)NCCc1ccccc1O2. The second-order valence-corrected chi connectivity index (χ2v) is 4.78. The summed E-state index contributed by atoms with van der Waals surface area (Å²) in [7, 11) is 1.62. The van der Waals surface area contributed by atoms with Crippen molar-refractivity contribution in [2.24, 2.45) is 0 Å². The maximum absolute atomic E-state index is 6.27. The van der Waals surface area contributed by atoms with Crippen LogP contribution in [0.1, 0.15) is 5.56 Å². The number of ether oxygens (including phenoxy) is 2. The smallest absolute Gasteiger partial charge is 0.169 e. The van der Waals surface area contributed by atoms with Gasteiger partial charge in [-0.1, -0.05) is 29.8 Å². The third kappa shape index (κ3) is 2.34. The molecule has 98 valence electrons. The Balaban J connectivity index is 2.08. The van der Waals surface area contributed by atoms with Crippen molar-refractivity contribution in [1.29, 1.82) is 0 Å². The van der Waals surface area contributed by atoms with E-state index in [1.54, 1.807) is 13.2 Å². The maximum atomic E-state index is 6.27. The minimum absolute atomic E-state index is 0.540. The number of para-hydroxylation sites is 1. The van der Waals surface area contributed by atoms with E-state index in [-0.39, 0.29) is 0 Å². The van der Waals surface area contributed by atoms with Gasteiger partial charge in [-0.15, -0.1) is 0 Å². The van der Waals surface area contributed by atoms with Crippen LogP contribution in [-0.2, 0) is 6.42 Å². The number of methoxy groups -OCH3 is 1. The van der Waals surface area contributed by atoms with E-state index < -0.39 is 0 Å². The fourth-order valence-electron chi connectivity index (χ4n) is 2.17. The fourth-order valence-corrected chi connectivity index (χ4v) is 2.42. The number of rotatable bonds is 1. The lowest BCUT2D eigenvalue weighted by Gasteiger charge is -2.20. The van der Waals surface area contributed by atoms with Gasteiger partial charge in [0.2, 0.25) is 0 Å². The largest absolute Gasteiger partial charge is 0.497 e. The first-order chi connectivity index (χ1) is 9.28. The highest BCUT2D eigenvalue weighted by Crippen LogP contribution is 2.41. The molecule has 0 unspecified atom stereocenters. The molecule has 3 rings (SSSR count). The molecule has 0 aromatic heterocycles. The van der Waals surface area contributed by atoms with Gasteiger partial charge in [0.25, 0.3) is 0 Å². The first-order valence-corrected chi connectivity index (χ1v) is 6.53. The molecule has 1 N–H and O–H groups in total. The zero-order valence-electron chi connectivity index (χ0n) is 10.6. The molecular formula is C15H14ClNO2. The summed E-state index contributed by atoms with van der Waals surface area (Å²) in [5, 5.41) is 3.87. The summed E-state index contributed by atoms with van der Waals surface area (Å²) in [4.78, 5) is 0. The van der Waals surface area contributed by atoms with Crippen LogP contribution in [0.15, 0.2) is 36.4 Å². The molecule has 4 heteroatoms. The Morgan fingerprint density at radius 3 is 2.95 bits per heavy atom. The third-order valence-corrected chi connectivity index (χ3v) is 3.43. The average molecular weight is 276 g/mol. The Labute approximate surface area is 117 Å². The topological polar surface area (TPSA) is 30.5 Å². The summed E-state index contributed by atoms with van der Waals surface area (Å²) in [6.07, 6.45) is 0.907. The molecule has 19 heavy (non-hydrogen) atoms. The molecule has 1 aliphatic heterocycles. The van der Waals surface area contributed by atoms with Crippen molar-refractivity contribution in [2.75, 3.05) is 19.0 Å². The van der Waals surface area contributed by atoms with Crippen LogP contribution in [0.4, 0.5) is 5.69 Å². The quantitative estimate of drug-likeness (QED) is 0.850. The highest BCUT2D eigenvalue weighted by molar-refractivity contribution is 6.32. The van der Waals surface area contributed by atoms with Gasteiger partial charge in [-0.2, -0.15) is 0 Å². The average Bonchev–Trinajstić information content (AvgIpc) is 2.40. The Morgan fingerprint density at radius 1 is 1.26 bits per heavy atom. The zero-order chi connectivity index (χ0) is 13.2. The van der Waals surface area contributed by atoms with Crippen LogP contribution in [0.3, 0.4) is 0 Å². The van der Waals surface area contributed by atoms with Gasteiger partial charge in [-0.3, -0.25) is 0 Å². The maximum Gasteiger partial charge on any atom is 0.169 e. The van der Waals surface area contributed by atoms with Crippen LogP contribution in [0, 0.1) is 0 Å². The van der Waals surface area contributed by atoms with Crippen molar-refractivity contribution in [3.63, 3.8) is 0 Å². The Hall–Kier alpha value is -1.87. The highest BCUT2D eigenvalue weighted by Gasteiger charge is 2.16. The normalized spacial score (nSPS) is 13.2. The van der Waals surface area contributed by atoms with Crippen LogP contribution in [0.5, 0.6) is 17.2 Å². The number of anilines is 1. The van der Waals surface area contributed by atoms with Crippen molar-refractivity contribution in [3.05, 3.63) is 47.0 Å². The molecule has 2 aromatic carbocycles. The highest BCUT2D eigenvalue weighted by atomic mass is 35.5. The van der Waals surface area contributed by atoms with Gasteiger partial charge in [0.1, 0.15) is 11.5 Å². The Morgan fingerprint density at radius 2 is 2.11 bits per heavy atom. The van der Waals surface area contributed by atoms with E-state index in [0.29, 0.717) is 16.5 Å². The van der Waals surface area contributed by atoms with E-state index in [0.717, 1.165) is 24.4 Å². The summed E-state index contributed by atoms with van der Waals surface area (Å²) >= 11 is 6.27. The molecule has 1 aliphatic rings. The van der Waals surface area contributed by atoms with Crippen LogP contribution >= 0.6 is 11.6 Å². The molecule has 2 aromatic rings. The van der Waals surface area contributed by atoms with Crippen molar-refractivity contribution >= 4 is 17.3 Å². The molecule has 0 atom stereocenters. The first kappa shape index (κ1) is 12.2. The van der Waals surface area contributed by atoms with Gasteiger partial charge in [0.15, 0.2) is 5.75 Å². The van der Waals surface area contributed by atoms with Gasteiger partial charge in [-0.05, 0) is 18.1 Å². The zero-order valence-corrected chi connectivity index (χ0v) is 11.3. The van der Waals surface area contributed by atoms with Crippen LogP contribution < -0.4 is 14.8 Å². The molecule has 0 fully saturated rings.